The molecule has 1 amide bonds. The van der Waals surface area contributed by atoms with Crippen molar-refractivity contribution in [2.24, 2.45) is 17.3 Å². The van der Waals surface area contributed by atoms with E-state index in [4.69, 9.17) is 4.74 Å². The van der Waals surface area contributed by atoms with Gasteiger partial charge in [-0.1, -0.05) is 20.8 Å². The molecule has 0 radical (unpaired) electrons. The Bertz CT molecular complexity index is 815. The topological polar surface area (TPSA) is 65.4 Å². The van der Waals surface area contributed by atoms with E-state index in [0.29, 0.717) is 17.9 Å². The molecule has 1 aromatic carbocycles. The average molecular weight is 410 g/mol. The number of nitriles is 1. The van der Waals surface area contributed by atoms with Gasteiger partial charge in [0.15, 0.2) is 0 Å². The number of carbonyl (C=O) groups is 1. The maximum Gasteiger partial charge on any atom is 0.225 e. The molecule has 0 bridgehead atoms. The van der Waals surface area contributed by atoms with Crippen LogP contribution in [0.3, 0.4) is 0 Å². The van der Waals surface area contributed by atoms with Gasteiger partial charge in [-0.05, 0) is 62.8 Å². The first-order valence-electron chi connectivity index (χ1n) is 11.5. The van der Waals surface area contributed by atoms with Crippen molar-refractivity contribution in [2.75, 3.05) is 26.2 Å². The number of rotatable bonds is 4. The third kappa shape index (κ3) is 4.64. The summed E-state index contributed by atoms with van der Waals surface area (Å²) in [5.41, 5.74) is 1.65. The first-order valence-corrected chi connectivity index (χ1v) is 11.5. The van der Waals surface area contributed by atoms with Crippen LogP contribution in [-0.2, 0) is 4.79 Å². The second-order valence-electron chi connectivity index (χ2n) is 10.5. The fraction of sp³-hybridized carbons (Fsp3) is 0.680. The first-order chi connectivity index (χ1) is 14.3. The predicted molar refractivity (Wildman–Crippen MR) is 117 cm³/mol. The van der Waals surface area contributed by atoms with E-state index in [-0.39, 0.29) is 11.3 Å². The van der Waals surface area contributed by atoms with Crippen LogP contribution in [0.2, 0.25) is 0 Å². The van der Waals surface area contributed by atoms with Crippen molar-refractivity contribution in [3.63, 3.8) is 0 Å². The Morgan fingerprint density at radius 3 is 2.70 bits per heavy atom. The number of amides is 1. The molecule has 1 aromatic rings. The second-order valence-corrected chi connectivity index (χ2v) is 10.5. The number of ether oxygens (including phenoxy) is 1. The Kier molecular flexibility index (Phi) is 6.06. The molecule has 0 aromatic heterocycles. The Labute approximate surface area is 180 Å². The number of benzene rings is 1. The van der Waals surface area contributed by atoms with Gasteiger partial charge in [-0.2, -0.15) is 5.26 Å². The number of hydrogen-bond donors (Lipinski definition) is 1. The van der Waals surface area contributed by atoms with Crippen LogP contribution < -0.4 is 10.1 Å². The van der Waals surface area contributed by atoms with Gasteiger partial charge in [-0.15, -0.1) is 0 Å². The summed E-state index contributed by atoms with van der Waals surface area (Å²) in [4.78, 5) is 14.8. The van der Waals surface area contributed by atoms with Gasteiger partial charge in [0.1, 0.15) is 5.75 Å². The molecule has 1 saturated heterocycles. The highest BCUT2D eigenvalue weighted by atomic mass is 16.5. The lowest BCUT2D eigenvalue weighted by Crippen LogP contribution is -2.43. The molecular formula is C25H35N3O2. The number of fused-ring (bicyclic) bond motifs is 3. The average Bonchev–Trinajstić information content (AvgIpc) is 3.16. The summed E-state index contributed by atoms with van der Waals surface area (Å²) < 4.78 is 5.98. The van der Waals surface area contributed by atoms with Gasteiger partial charge in [0.05, 0.1) is 18.2 Å². The SMILES string of the molecule is CC(C)(C)C(=O)N[C@H]1CC[C@H](CCN2C[C@H]3COc4ccc(C#N)cc4[C@@H]3C2)CC1. The van der Waals surface area contributed by atoms with Gasteiger partial charge in [0, 0.05) is 41.9 Å². The predicted octanol–water partition coefficient (Wildman–Crippen LogP) is 4.08. The Hall–Kier alpha value is -2.06. The molecule has 1 aliphatic carbocycles. The number of hydrogen-bond acceptors (Lipinski definition) is 4. The van der Waals surface area contributed by atoms with Crippen molar-refractivity contribution in [1.29, 1.82) is 5.26 Å². The van der Waals surface area contributed by atoms with Crippen LogP contribution in [0.5, 0.6) is 5.75 Å². The van der Waals surface area contributed by atoms with Crippen LogP contribution in [0.1, 0.15) is 69.9 Å². The van der Waals surface area contributed by atoms with E-state index >= 15 is 0 Å². The van der Waals surface area contributed by atoms with E-state index < -0.39 is 0 Å². The minimum Gasteiger partial charge on any atom is -0.493 e. The van der Waals surface area contributed by atoms with Crippen LogP contribution in [-0.4, -0.2) is 43.1 Å². The molecule has 162 valence electrons. The van der Waals surface area contributed by atoms with Crippen LogP contribution >= 0.6 is 0 Å². The molecule has 1 N–H and O–H groups in total. The summed E-state index contributed by atoms with van der Waals surface area (Å²) in [6, 6.07) is 8.46. The van der Waals surface area contributed by atoms with Crippen molar-refractivity contribution in [1.82, 2.24) is 10.2 Å². The third-order valence-corrected chi connectivity index (χ3v) is 7.22. The van der Waals surface area contributed by atoms with Crippen molar-refractivity contribution < 1.29 is 9.53 Å². The lowest BCUT2D eigenvalue weighted by atomic mass is 9.83. The second kappa shape index (κ2) is 8.59. The van der Waals surface area contributed by atoms with E-state index in [2.05, 4.69) is 16.3 Å². The maximum atomic E-state index is 12.2. The van der Waals surface area contributed by atoms with Crippen molar-refractivity contribution >= 4 is 5.91 Å². The van der Waals surface area contributed by atoms with Gasteiger partial charge >= 0.3 is 0 Å². The minimum atomic E-state index is -0.306. The molecular weight excluding hydrogens is 374 g/mol. The van der Waals surface area contributed by atoms with Crippen molar-refractivity contribution in [3.05, 3.63) is 29.3 Å². The summed E-state index contributed by atoms with van der Waals surface area (Å²) in [7, 11) is 0. The zero-order valence-electron chi connectivity index (χ0n) is 18.6. The van der Waals surface area contributed by atoms with Gasteiger partial charge in [0.2, 0.25) is 5.91 Å². The van der Waals surface area contributed by atoms with E-state index in [0.717, 1.165) is 56.3 Å². The molecule has 0 unspecified atom stereocenters. The highest BCUT2D eigenvalue weighted by Crippen LogP contribution is 2.42. The van der Waals surface area contributed by atoms with E-state index in [1.54, 1.807) is 0 Å². The molecule has 2 heterocycles. The van der Waals surface area contributed by atoms with E-state index in [9.17, 15) is 10.1 Å². The van der Waals surface area contributed by atoms with Gasteiger partial charge in [-0.25, -0.2) is 0 Å². The van der Waals surface area contributed by atoms with Crippen LogP contribution in [0.4, 0.5) is 0 Å². The highest BCUT2D eigenvalue weighted by Gasteiger charge is 2.39. The standard InChI is InChI=1S/C25H35N3O2/c1-25(2,3)24(29)27-20-7-4-17(5-8-20)10-11-28-14-19-16-30-23-9-6-18(13-26)12-21(23)22(19)15-28/h6,9,12,17,19-20,22H,4-5,7-8,10-11,14-16H2,1-3H3,(H,27,29)/t17-,19-,20-,22+/m0/s1. The fourth-order valence-electron chi connectivity index (χ4n) is 5.26. The summed E-state index contributed by atoms with van der Waals surface area (Å²) in [5.74, 6) is 2.93. The third-order valence-electron chi connectivity index (χ3n) is 7.22. The molecule has 0 spiro atoms. The van der Waals surface area contributed by atoms with E-state index in [1.165, 1.54) is 24.8 Å². The zero-order chi connectivity index (χ0) is 21.3. The van der Waals surface area contributed by atoms with Gasteiger partial charge in [-0.3, -0.25) is 4.79 Å². The number of likely N-dealkylation sites (tertiary alicyclic amines) is 1. The Morgan fingerprint density at radius 2 is 2.00 bits per heavy atom. The lowest BCUT2D eigenvalue weighted by molar-refractivity contribution is -0.129. The first kappa shape index (κ1) is 21.2. The summed E-state index contributed by atoms with van der Waals surface area (Å²) >= 11 is 0. The molecule has 2 aliphatic heterocycles. The number of nitrogens with one attached hydrogen (secondary N) is 1. The molecule has 3 aliphatic rings. The zero-order valence-corrected chi connectivity index (χ0v) is 18.6. The quantitative estimate of drug-likeness (QED) is 0.814. The largest absolute Gasteiger partial charge is 0.493 e. The van der Waals surface area contributed by atoms with Crippen LogP contribution in [0.15, 0.2) is 18.2 Å². The summed E-state index contributed by atoms with van der Waals surface area (Å²) in [6.45, 7) is 10.0. The van der Waals surface area contributed by atoms with Crippen molar-refractivity contribution in [2.45, 2.75) is 64.8 Å². The van der Waals surface area contributed by atoms with Gasteiger partial charge in [0.25, 0.3) is 0 Å². The lowest BCUT2D eigenvalue weighted by Gasteiger charge is -2.32. The molecule has 1 saturated carbocycles. The molecule has 30 heavy (non-hydrogen) atoms. The number of carbonyl (C=O) groups excluding carboxylic acids is 1. The molecule has 5 nitrogen and oxygen atoms in total. The summed E-state index contributed by atoms with van der Waals surface area (Å²) in [5, 5.41) is 12.5. The maximum absolute atomic E-state index is 12.2. The summed E-state index contributed by atoms with van der Waals surface area (Å²) in [6.07, 6.45) is 5.89. The highest BCUT2D eigenvalue weighted by molar-refractivity contribution is 5.81. The van der Waals surface area contributed by atoms with E-state index in [1.807, 2.05) is 39.0 Å². The smallest absolute Gasteiger partial charge is 0.225 e. The molecule has 5 heteroatoms. The molecule has 4 rings (SSSR count). The number of nitrogens with zero attached hydrogens (tertiary/aromatic N) is 2. The van der Waals surface area contributed by atoms with Crippen LogP contribution in [0.25, 0.3) is 0 Å². The van der Waals surface area contributed by atoms with Crippen molar-refractivity contribution in [3.8, 4) is 11.8 Å². The minimum absolute atomic E-state index is 0.174. The Morgan fingerprint density at radius 1 is 1.23 bits per heavy atom. The molecule has 2 atom stereocenters. The fourth-order valence-corrected chi connectivity index (χ4v) is 5.26. The monoisotopic (exact) mass is 409 g/mol. The normalized spacial score (nSPS) is 28.7. The molecule has 2 fully saturated rings. The van der Waals surface area contributed by atoms with Gasteiger partial charge < -0.3 is 15.0 Å². The van der Waals surface area contributed by atoms with Crippen LogP contribution in [0, 0.1) is 28.6 Å². The Balaban J connectivity index is 1.25.